The second kappa shape index (κ2) is 6.28. The van der Waals surface area contributed by atoms with E-state index in [1.165, 1.54) is 21.2 Å². The summed E-state index contributed by atoms with van der Waals surface area (Å²) in [5.41, 5.74) is 3.56. The largest absolute Gasteiger partial charge is 0.308 e. The van der Waals surface area contributed by atoms with Gasteiger partial charge in [-0.05, 0) is 60.7 Å². The first-order valence-corrected chi connectivity index (χ1v) is 10.1. The lowest BCUT2D eigenvalue weighted by atomic mass is 10.2. The van der Waals surface area contributed by atoms with Crippen LogP contribution in [0.15, 0.2) is 83.9 Å². The van der Waals surface area contributed by atoms with E-state index in [9.17, 15) is 0 Å². The van der Waals surface area contributed by atoms with Gasteiger partial charge in [-0.1, -0.05) is 59.6 Å². The van der Waals surface area contributed by atoms with Crippen molar-refractivity contribution in [3.05, 3.63) is 74.1 Å². The van der Waals surface area contributed by atoms with Crippen molar-refractivity contribution >= 4 is 76.6 Å². The first-order valence-electron chi connectivity index (χ1n) is 6.94. The van der Waals surface area contributed by atoms with Crippen molar-refractivity contribution in [1.29, 1.82) is 0 Å². The van der Waals surface area contributed by atoms with Gasteiger partial charge in [0, 0.05) is 28.9 Å². The van der Waals surface area contributed by atoms with Gasteiger partial charge in [-0.25, -0.2) is 0 Å². The second-order valence-electron chi connectivity index (χ2n) is 5.14. The third-order valence-electron chi connectivity index (χ3n) is 3.63. The third-order valence-corrected chi connectivity index (χ3v) is 6.24. The van der Waals surface area contributed by atoms with Crippen LogP contribution in [-0.4, -0.2) is 0 Å². The molecule has 0 bridgehead atoms. The van der Waals surface area contributed by atoms with E-state index in [-0.39, 0.29) is 0 Å². The first-order chi connectivity index (χ1) is 11.1. The van der Waals surface area contributed by atoms with E-state index in [2.05, 4.69) is 113 Å². The van der Waals surface area contributed by atoms with Crippen LogP contribution >= 0.6 is 59.6 Å². The molecule has 23 heavy (non-hydrogen) atoms. The van der Waals surface area contributed by atoms with Crippen molar-refractivity contribution in [2.75, 3.05) is 4.90 Å². The minimum atomic E-state index is 1.08. The lowest BCUT2D eigenvalue weighted by Gasteiger charge is -2.33. The Labute approximate surface area is 164 Å². The van der Waals surface area contributed by atoms with Gasteiger partial charge in [0.05, 0.1) is 11.4 Å². The Kier molecular flexibility index (Phi) is 4.30. The highest BCUT2D eigenvalue weighted by molar-refractivity contribution is 9.11. The van der Waals surface area contributed by atoms with Crippen LogP contribution in [0.5, 0.6) is 0 Å². The van der Waals surface area contributed by atoms with Crippen LogP contribution in [0.4, 0.5) is 17.1 Å². The number of nitrogens with zero attached hydrogens (tertiary/aromatic N) is 1. The highest BCUT2D eigenvalue weighted by atomic mass is 79.9. The van der Waals surface area contributed by atoms with Crippen LogP contribution in [0.2, 0.25) is 0 Å². The molecule has 0 saturated heterocycles. The summed E-state index contributed by atoms with van der Waals surface area (Å²) in [4.78, 5) is 4.80. The van der Waals surface area contributed by atoms with Crippen molar-refractivity contribution in [2.45, 2.75) is 9.79 Å². The van der Waals surface area contributed by atoms with Crippen LogP contribution in [0.25, 0.3) is 0 Å². The summed E-state index contributed by atoms with van der Waals surface area (Å²) in [5.74, 6) is 0. The van der Waals surface area contributed by atoms with Crippen LogP contribution in [0.1, 0.15) is 0 Å². The van der Waals surface area contributed by atoms with Crippen molar-refractivity contribution < 1.29 is 0 Å². The molecule has 0 aliphatic carbocycles. The van der Waals surface area contributed by atoms with E-state index < -0.39 is 0 Å². The fourth-order valence-corrected chi connectivity index (χ4v) is 5.05. The summed E-state index contributed by atoms with van der Waals surface area (Å²) in [5, 5.41) is 0. The molecule has 0 saturated carbocycles. The number of hydrogen-bond acceptors (Lipinski definition) is 2. The molecule has 3 aromatic carbocycles. The zero-order valence-corrected chi connectivity index (χ0v) is 17.3. The van der Waals surface area contributed by atoms with Gasteiger partial charge in [-0.3, -0.25) is 0 Å². The summed E-state index contributed by atoms with van der Waals surface area (Å²) in [6, 6.07) is 21.3. The molecule has 0 amide bonds. The molecule has 0 N–H and O–H groups in total. The number of benzene rings is 3. The van der Waals surface area contributed by atoms with Crippen molar-refractivity contribution in [3.63, 3.8) is 0 Å². The minimum Gasteiger partial charge on any atom is -0.308 e. The highest BCUT2D eigenvalue weighted by Gasteiger charge is 2.25. The summed E-state index contributed by atoms with van der Waals surface area (Å²) in [7, 11) is 0. The molecule has 1 nitrogen and oxygen atoms in total. The van der Waals surface area contributed by atoms with Gasteiger partial charge in [-0.15, -0.1) is 0 Å². The van der Waals surface area contributed by atoms with Crippen molar-refractivity contribution in [1.82, 2.24) is 0 Å². The van der Waals surface area contributed by atoms with Gasteiger partial charge in [0.15, 0.2) is 0 Å². The van der Waals surface area contributed by atoms with E-state index in [0.29, 0.717) is 0 Å². The quantitative estimate of drug-likeness (QED) is 0.255. The molecule has 0 radical (unpaired) electrons. The topological polar surface area (TPSA) is 3.24 Å². The molecule has 0 spiro atoms. The van der Waals surface area contributed by atoms with Crippen LogP contribution < -0.4 is 4.90 Å². The number of hydrogen-bond donors (Lipinski definition) is 0. The van der Waals surface area contributed by atoms with Crippen LogP contribution in [-0.2, 0) is 0 Å². The third kappa shape index (κ3) is 3.00. The Bertz CT molecular complexity index is 842. The maximum absolute atomic E-state index is 3.58. The summed E-state index contributed by atoms with van der Waals surface area (Å²) < 4.78 is 3.27. The Balaban J connectivity index is 1.95. The smallest absolute Gasteiger partial charge is 0.0602 e. The maximum atomic E-state index is 3.58. The molecule has 1 aliphatic heterocycles. The molecule has 0 fully saturated rings. The molecular weight excluding hydrogens is 502 g/mol. The monoisotopic (exact) mass is 509 g/mol. The zero-order chi connectivity index (χ0) is 16.0. The zero-order valence-electron chi connectivity index (χ0n) is 11.8. The maximum Gasteiger partial charge on any atom is 0.0602 e. The Morgan fingerprint density at radius 2 is 1.09 bits per heavy atom. The lowest BCUT2D eigenvalue weighted by Crippen LogP contribution is -2.14. The molecule has 1 aliphatic rings. The lowest BCUT2D eigenvalue weighted by molar-refractivity contribution is 1.16. The predicted molar refractivity (Wildman–Crippen MR) is 108 cm³/mol. The van der Waals surface area contributed by atoms with Crippen molar-refractivity contribution in [2.24, 2.45) is 0 Å². The number of anilines is 3. The Morgan fingerprint density at radius 3 is 1.61 bits per heavy atom. The molecular formula is C18H10Br3NS. The molecule has 0 atom stereocenters. The van der Waals surface area contributed by atoms with Gasteiger partial charge < -0.3 is 4.90 Å². The minimum absolute atomic E-state index is 1.08. The standard InChI is InChI=1S/C18H10Br3NS/c19-11-1-5-14(6-2-11)22-15-7-3-12(20)9-17(15)23-18-10-13(21)4-8-16(18)22/h1-10H. The van der Waals surface area contributed by atoms with Gasteiger partial charge in [-0.2, -0.15) is 0 Å². The molecule has 114 valence electrons. The summed E-state index contributed by atoms with van der Waals surface area (Å²) in [6.07, 6.45) is 0. The number of halogens is 3. The molecule has 0 aromatic heterocycles. The van der Waals surface area contributed by atoms with E-state index >= 15 is 0 Å². The highest BCUT2D eigenvalue weighted by Crippen LogP contribution is 2.52. The van der Waals surface area contributed by atoms with E-state index in [0.717, 1.165) is 19.1 Å². The normalized spacial score (nSPS) is 12.7. The Hall–Kier alpha value is -0.750. The SMILES string of the molecule is Brc1ccc(N2c3ccc(Br)cc3Sc3cc(Br)ccc32)cc1. The van der Waals surface area contributed by atoms with E-state index in [1.807, 2.05) is 0 Å². The number of fused-ring (bicyclic) bond motifs is 2. The fourth-order valence-electron chi connectivity index (χ4n) is 2.63. The molecule has 0 unspecified atom stereocenters. The van der Waals surface area contributed by atoms with Gasteiger partial charge in [0.2, 0.25) is 0 Å². The summed E-state index contributed by atoms with van der Waals surface area (Å²) >= 11 is 12.5. The first kappa shape index (κ1) is 15.8. The van der Waals surface area contributed by atoms with E-state index in [4.69, 9.17) is 0 Å². The second-order valence-corrected chi connectivity index (χ2v) is 8.97. The van der Waals surface area contributed by atoms with Gasteiger partial charge >= 0.3 is 0 Å². The fraction of sp³-hybridized carbons (Fsp3) is 0. The average molecular weight is 512 g/mol. The van der Waals surface area contributed by atoms with Crippen LogP contribution in [0, 0.1) is 0 Å². The molecule has 5 heteroatoms. The summed E-state index contributed by atoms with van der Waals surface area (Å²) in [6.45, 7) is 0. The Morgan fingerprint density at radius 1 is 0.609 bits per heavy atom. The average Bonchev–Trinajstić information content (AvgIpc) is 2.53. The number of rotatable bonds is 1. The van der Waals surface area contributed by atoms with E-state index in [1.54, 1.807) is 11.8 Å². The predicted octanol–water partition coefficient (Wildman–Crippen LogP) is 7.91. The van der Waals surface area contributed by atoms with Crippen LogP contribution in [0.3, 0.4) is 0 Å². The molecule has 3 aromatic rings. The molecule has 1 heterocycles. The molecule has 4 rings (SSSR count). The van der Waals surface area contributed by atoms with Gasteiger partial charge in [0.1, 0.15) is 0 Å². The van der Waals surface area contributed by atoms with Crippen molar-refractivity contribution in [3.8, 4) is 0 Å². The van der Waals surface area contributed by atoms with Gasteiger partial charge in [0.25, 0.3) is 0 Å².